The summed E-state index contributed by atoms with van der Waals surface area (Å²) < 4.78 is 22.2. The molecule has 1 aliphatic heterocycles. The molecule has 0 unspecified atom stereocenters. The van der Waals surface area contributed by atoms with Gasteiger partial charge in [0.05, 0.1) is 27.4 Å². The SMILES string of the molecule is COc1cccc(COc2cc(CCCN3CCOCC3)ccc2OC)c1. The Morgan fingerprint density at radius 3 is 2.56 bits per heavy atom. The number of benzene rings is 2. The van der Waals surface area contributed by atoms with E-state index in [9.17, 15) is 0 Å². The number of methoxy groups -OCH3 is 2. The summed E-state index contributed by atoms with van der Waals surface area (Å²) in [5.41, 5.74) is 2.33. The van der Waals surface area contributed by atoms with Crippen molar-refractivity contribution in [2.45, 2.75) is 19.4 Å². The van der Waals surface area contributed by atoms with E-state index in [0.717, 1.165) is 68.5 Å². The van der Waals surface area contributed by atoms with E-state index in [1.165, 1.54) is 5.56 Å². The summed E-state index contributed by atoms with van der Waals surface area (Å²) in [5.74, 6) is 2.37. The molecule has 3 rings (SSSR count). The van der Waals surface area contributed by atoms with Gasteiger partial charge < -0.3 is 18.9 Å². The first-order valence-corrected chi connectivity index (χ1v) is 9.51. The summed E-state index contributed by atoms with van der Waals surface area (Å²) in [6.45, 7) is 5.37. The molecule has 5 heteroatoms. The molecule has 0 N–H and O–H groups in total. The molecule has 0 amide bonds. The lowest BCUT2D eigenvalue weighted by molar-refractivity contribution is 0.0374. The molecule has 5 nitrogen and oxygen atoms in total. The Morgan fingerprint density at radius 1 is 0.926 bits per heavy atom. The molecule has 2 aromatic carbocycles. The van der Waals surface area contributed by atoms with Gasteiger partial charge in [-0.05, 0) is 54.8 Å². The third kappa shape index (κ3) is 5.88. The molecular formula is C22H29NO4. The molecular weight excluding hydrogens is 342 g/mol. The van der Waals surface area contributed by atoms with E-state index in [0.29, 0.717) is 6.61 Å². The highest BCUT2D eigenvalue weighted by Gasteiger charge is 2.11. The molecule has 0 bridgehead atoms. The highest BCUT2D eigenvalue weighted by atomic mass is 16.5. The molecule has 1 saturated heterocycles. The third-order valence-corrected chi connectivity index (χ3v) is 4.80. The monoisotopic (exact) mass is 371 g/mol. The minimum Gasteiger partial charge on any atom is -0.497 e. The third-order valence-electron chi connectivity index (χ3n) is 4.80. The molecule has 0 atom stereocenters. The van der Waals surface area contributed by atoms with Gasteiger partial charge >= 0.3 is 0 Å². The minimum atomic E-state index is 0.477. The fourth-order valence-corrected chi connectivity index (χ4v) is 3.24. The Kier molecular flexibility index (Phi) is 7.36. The van der Waals surface area contributed by atoms with Crippen LogP contribution in [0.5, 0.6) is 17.2 Å². The van der Waals surface area contributed by atoms with Crippen molar-refractivity contribution in [3.63, 3.8) is 0 Å². The van der Waals surface area contributed by atoms with Gasteiger partial charge in [0.1, 0.15) is 12.4 Å². The fraction of sp³-hybridized carbons (Fsp3) is 0.455. The lowest BCUT2D eigenvalue weighted by Gasteiger charge is -2.26. The van der Waals surface area contributed by atoms with E-state index < -0.39 is 0 Å². The van der Waals surface area contributed by atoms with Crippen molar-refractivity contribution in [3.05, 3.63) is 53.6 Å². The van der Waals surface area contributed by atoms with Gasteiger partial charge in [-0.2, -0.15) is 0 Å². The molecule has 0 aliphatic carbocycles. The van der Waals surface area contributed by atoms with Crippen LogP contribution in [0.1, 0.15) is 17.5 Å². The van der Waals surface area contributed by atoms with E-state index in [1.54, 1.807) is 14.2 Å². The Labute approximate surface area is 161 Å². The first-order valence-electron chi connectivity index (χ1n) is 9.51. The number of morpholine rings is 1. The fourth-order valence-electron chi connectivity index (χ4n) is 3.24. The molecule has 1 aliphatic rings. The maximum atomic E-state index is 6.04. The molecule has 146 valence electrons. The van der Waals surface area contributed by atoms with Crippen LogP contribution in [-0.2, 0) is 17.8 Å². The van der Waals surface area contributed by atoms with Crippen LogP contribution in [0.3, 0.4) is 0 Å². The topological polar surface area (TPSA) is 40.2 Å². The summed E-state index contributed by atoms with van der Waals surface area (Å²) in [4.78, 5) is 2.47. The van der Waals surface area contributed by atoms with Crippen LogP contribution in [0, 0.1) is 0 Å². The van der Waals surface area contributed by atoms with Gasteiger partial charge in [-0.15, -0.1) is 0 Å². The summed E-state index contributed by atoms with van der Waals surface area (Å²) in [7, 11) is 3.34. The van der Waals surface area contributed by atoms with E-state index >= 15 is 0 Å². The van der Waals surface area contributed by atoms with Crippen LogP contribution >= 0.6 is 0 Å². The number of hydrogen-bond acceptors (Lipinski definition) is 5. The van der Waals surface area contributed by atoms with Gasteiger partial charge in [0, 0.05) is 13.1 Å². The van der Waals surface area contributed by atoms with Crippen molar-refractivity contribution >= 4 is 0 Å². The average Bonchev–Trinajstić information content (AvgIpc) is 2.73. The predicted molar refractivity (Wildman–Crippen MR) is 106 cm³/mol. The largest absolute Gasteiger partial charge is 0.497 e. The van der Waals surface area contributed by atoms with Crippen molar-refractivity contribution in [2.24, 2.45) is 0 Å². The predicted octanol–water partition coefficient (Wildman–Crippen LogP) is 3.55. The highest BCUT2D eigenvalue weighted by Crippen LogP contribution is 2.29. The van der Waals surface area contributed by atoms with Crippen molar-refractivity contribution < 1.29 is 18.9 Å². The smallest absolute Gasteiger partial charge is 0.161 e. The molecule has 1 fully saturated rings. The zero-order valence-electron chi connectivity index (χ0n) is 16.3. The van der Waals surface area contributed by atoms with E-state index in [1.807, 2.05) is 30.3 Å². The zero-order valence-corrected chi connectivity index (χ0v) is 16.3. The lowest BCUT2D eigenvalue weighted by atomic mass is 10.1. The van der Waals surface area contributed by atoms with Crippen LogP contribution in [0.2, 0.25) is 0 Å². The number of ether oxygens (including phenoxy) is 4. The van der Waals surface area contributed by atoms with Crippen molar-refractivity contribution in [1.82, 2.24) is 4.90 Å². The second-order valence-electron chi connectivity index (χ2n) is 6.68. The molecule has 1 heterocycles. The summed E-state index contributed by atoms with van der Waals surface area (Å²) in [5, 5.41) is 0. The Balaban J connectivity index is 1.57. The van der Waals surface area contributed by atoms with Gasteiger partial charge in [-0.25, -0.2) is 0 Å². The molecule has 2 aromatic rings. The first-order chi connectivity index (χ1) is 13.3. The van der Waals surface area contributed by atoms with Gasteiger partial charge in [0.2, 0.25) is 0 Å². The standard InChI is InChI=1S/C22H29NO4/c1-24-20-7-3-5-19(15-20)17-27-22-16-18(8-9-21(22)25-2)6-4-10-23-11-13-26-14-12-23/h3,5,7-9,15-16H,4,6,10-14,17H2,1-2H3. The summed E-state index contributed by atoms with van der Waals surface area (Å²) in [6.07, 6.45) is 2.15. The molecule has 0 aromatic heterocycles. The Morgan fingerprint density at radius 2 is 1.78 bits per heavy atom. The van der Waals surface area contributed by atoms with Crippen molar-refractivity contribution in [2.75, 3.05) is 47.1 Å². The van der Waals surface area contributed by atoms with Crippen LogP contribution < -0.4 is 14.2 Å². The summed E-state index contributed by atoms with van der Waals surface area (Å²) in [6, 6.07) is 14.1. The van der Waals surface area contributed by atoms with Gasteiger partial charge in [0.15, 0.2) is 11.5 Å². The molecule has 0 radical (unpaired) electrons. The number of rotatable bonds is 9. The van der Waals surface area contributed by atoms with E-state index in [-0.39, 0.29) is 0 Å². The number of nitrogens with zero attached hydrogens (tertiary/aromatic N) is 1. The van der Waals surface area contributed by atoms with Crippen LogP contribution in [-0.4, -0.2) is 52.0 Å². The van der Waals surface area contributed by atoms with E-state index in [2.05, 4.69) is 17.0 Å². The van der Waals surface area contributed by atoms with E-state index in [4.69, 9.17) is 18.9 Å². The highest BCUT2D eigenvalue weighted by molar-refractivity contribution is 5.43. The van der Waals surface area contributed by atoms with Crippen LogP contribution in [0.25, 0.3) is 0 Å². The Hall–Kier alpha value is -2.24. The number of hydrogen-bond donors (Lipinski definition) is 0. The van der Waals surface area contributed by atoms with Crippen molar-refractivity contribution in [3.8, 4) is 17.2 Å². The van der Waals surface area contributed by atoms with Gasteiger partial charge in [-0.1, -0.05) is 18.2 Å². The van der Waals surface area contributed by atoms with Gasteiger partial charge in [0.25, 0.3) is 0 Å². The quantitative estimate of drug-likeness (QED) is 0.674. The first kappa shape index (κ1) is 19.5. The van der Waals surface area contributed by atoms with Crippen LogP contribution in [0.15, 0.2) is 42.5 Å². The maximum Gasteiger partial charge on any atom is 0.161 e. The maximum absolute atomic E-state index is 6.04. The molecule has 27 heavy (non-hydrogen) atoms. The second-order valence-corrected chi connectivity index (χ2v) is 6.68. The second kappa shape index (κ2) is 10.2. The average molecular weight is 371 g/mol. The normalized spacial score (nSPS) is 14.7. The number of aryl methyl sites for hydroxylation is 1. The summed E-state index contributed by atoms with van der Waals surface area (Å²) >= 11 is 0. The molecule has 0 spiro atoms. The lowest BCUT2D eigenvalue weighted by Crippen LogP contribution is -2.36. The minimum absolute atomic E-state index is 0.477. The van der Waals surface area contributed by atoms with Crippen molar-refractivity contribution in [1.29, 1.82) is 0 Å². The van der Waals surface area contributed by atoms with Gasteiger partial charge in [-0.3, -0.25) is 4.90 Å². The molecule has 0 saturated carbocycles. The Bertz CT molecular complexity index is 713. The van der Waals surface area contributed by atoms with Crippen LogP contribution in [0.4, 0.5) is 0 Å². The zero-order chi connectivity index (χ0) is 18.9.